The molecule has 0 saturated carbocycles. The van der Waals surface area contributed by atoms with E-state index in [2.05, 4.69) is 4.72 Å². The van der Waals surface area contributed by atoms with Gasteiger partial charge in [0.05, 0.1) is 16.1 Å². The Hall–Kier alpha value is -2.42. The minimum Gasteiger partial charge on any atom is -0.468 e. The van der Waals surface area contributed by atoms with Gasteiger partial charge in [-0.25, -0.2) is 21.6 Å². The van der Waals surface area contributed by atoms with Crippen LogP contribution in [0, 0.1) is 13.8 Å². The van der Waals surface area contributed by atoms with E-state index >= 15 is 0 Å². The highest BCUT2D eigenvalue weighted by atomic mass is 32.2. The first kappa shape index (κ1) is 20.3. The maximum absolute atomic E-state index is 13.1. The molecule has 1 aromatic heterocycles. The molecule has 148 valence electrons. The van der Waals surface area contributed by atoms with Crippen LogP contribution < -0.4 is 4.72 Å². The Morgan fingerprint density at radius 3 is 2.29 bits per heavy atom. The third kappa shape index (κ3) is 4.19. The van der Waals surface area contributed by atoms with Gasteiger partial charge in [-0.3, -0.25) is 0 Å². The molecule has 3 rings (SSSR count). The van der Waals surface area contributed by atoms with Crippen LogP contribution >= 0.6 is 0 Å². The van der Waals surface area contributed by atoms with Gasteiger partial charge in [0, 0.05) is 6.54 Å². The summed E-state index contributed by atoms with van der Waals surface area (Å²) < 4.78 is 59.6. The summed E-state index contributed by atoms with van der Waals surface area (Å²) in [5, 5.41) is -1.19. The molecular weight excluding hydrogens is 398 g/mol. The first-order valence-electron chi connectivity index (χ1n) is 8.61. The van der Waals surface area contributed by atoms with Crippen LogP contribution in [-0.4, -0.2) is 23.4 Å². The first-order chi connectivity index (χ1) is 13.2. The number of sulfonamides is 1. The highest BCUT2D eigenvalue weighted by molar-refractivity contribution is 7.92. The van der Waals surface area contributed by atoms with Crippen molar-refractivity contribution in [2.45, 2.75) is 28.9 Å². The van der Waals surface area contributed by atoms with Crippen LogP contribution in [-0.2, 0) is 19.9 Å². The molecule has 0 radical (unpaired) electrons. The summed E-state index contributed by atoms with van der Waals surface area (Å²) in [6.07, 6.45) is 1.36. The van der Waals surface area contributed by atoms with Gasteiger partial charge < -0.3 is 4.42 Å². The van der Waals surface area contributed by atoms with Crippen molar-refractivity contribution >= 4 is 19.9 Å². The van der Waals surface area contributed by atoms with Crippen molar-refractivity contribution in [2.75, 3.05) is 6.54 Å². The lowest BCUT2D eigenvalue weighted by atomic mass is 10.2. The zero-order valence-corrected chi connectivity index (χ0v) is 17.1. The maximum atomic E-state index is 13.1. The van der Waals surface area contributed by atoms with Crippen molar-refractivity contribution in [1.29, 1.82) is 0 Å². The number of aryl methyl sites for hydroxylation is 2. The zero-order chi connectivity index (χ0) is 20.4. The smallest absolute Gasteiger partial charge is 0.240 e. The fourth-order valence-corrected chi connectivity index (χ4v) is 5.96. The fraction of sp³-hybridized carbons (Fsp3) is 0.200. The molecule has 0 amide bonds. The number of nitrogens with one attached hydrogen (secondary N) is 1. The summed E-state index contributed by atoms with van der Waals surface area (Å²) in [5.41, 5.74) is 1.38. The van der Waals surface area contributed by atoms with Gasteiger partial charge in [-0.2, -0.15) is 0 Å². The first-order valence-corrected chi connectivity index (χ1v) is 11.6. The van der Waals surface area contributed by atoms with Crippen molar-refractivity contribution in [2.24, 2.45) is 0 Å². The minimum absolute atomic E-state index is 0.0994. The Balaban J connectivity index is 1.95. The van der Waals surface area contributed by atoms with Crippen LogP contribution in [0.3, 0.4) is 0 Å². The van der Waals surface area contributed by atoms with Gasteiger partial charge >= 0.3 is 0 Å². The van der Waals surface area contributed by atoms with Crippen LogP contribution in [0.15, 0.2) is 81.1 Å². The summed E-state index contributed by atoms with van der Waals surface area (Å²) in [6, 6.07) is 16.1. The Labute approximate surface area is 165 Å². The van der Waals surface area contributed by atoms with Gasteiger partial charge in [-0.1, -0.05) is 30.3 Å². The molecule has 0 spiro atoms. The molecule has 0 fully saturated rings. The van der Waals surface area contributed by atoms with Crippen LogP contribution in [0.25, 0.3) is 0 Å². The molecule has 0 bridgehead atoms. The van der Waals surface area contributed by atoms with E-state index in [1.165, 1.54) is 24.5 Å². The molecule has 0 aliphatic heterocycles. The Morgan fingerprint density at radius 2 is 1.64 bits per heavy atom. The van der Waals surface area contributed by atoms with Crippen LogP contribution in [0.5, 0.6) is 0 Å². The van der Waals surface area contributed by atoms with E-state index in [-0.39, 0.29) is 22.1 Å². The van der Waals surface area contributed by atoms with E-state index < -0.39 is 25.1 Å². The molecule has 2 aromatic carbocycles. The molecule has 0 saturated heterocycles. The lowest BCUT2D eigenvalue weighted by Gasteiger charge is -2.17. The second-order valence-electron chi connectivity index (χ2n) is 6.48. The summed E-state index contributed by atoms with van der Waals surface area (Å²) in [5.74, 6) is 0.174. The van der Waals surface area contributed by atoms with Crippen LogP contribution in [0.1, 0.15) is 22.1 Å². The molecular formula is C20H21NO5S2. The predicted molar refractivity (Wildman–Crippen MR) is 106 cm³/mol. The van der Waals surface area contributed by atoms with Crippen molar-refractivity contribution in [1.82, 2.24) is 4.72 Å². The lowest BCUT2D eigenvalue weighted by Crippen LogP contribution is -2.32. The fourth-order valence-electron chi connectivity index (χ4n) is 2.87. The topological polar surface area (TPSA) is 93.4 Å². The van der Waals surface area contributed by atoms with Gasteiger partial charge in [0.25, 0.3) is 0 Å². The van der Waals surface area contributed by atoms with E-state index in [1.807, 2.05) is 6.07 Å². The summed E-state index contributed by atoms with van der Waals surface area (Å²) in [7, 11) is -7.77. The SMILES string of the molecule is Cc1ccc(C)c(S(=O)(=O)NC[C@H](c2ccco2)S(=O)(=O)c2ccccc2)c1. The molecule has 8 heteroatoms. The molecule has 0 aliphatic carbocycles. The van der Waals surface area contributed by atoms with E-state index in [0.29, 0.717) is 5.56 Å². The number of hydrogen-bond donors (Lipinski definition) is 1. The molecule has 1 atom stereocenters. The highest BCUT2D eigenvalue weighted by Crippen LogP contribution is 2.29. The standard InChI is InChI=1S/C20H21NO5S2/c1-15-10-11-16(2)19(13-15)28(24,25)21-14-20(18-9-6-12-26-18)27(22,23)17-7-4-3-5-8-17/h3-13,20-21H,14H2,1-2H3/t20-/m1/s1. The lowest BCUT2D eigenvalue weighted by molar-refractivity contribution is 0.486. The summed E-state index contributed by atoms with van der Waals surface area (Å²) in [4.78, 5) is 0.227. The van der Waals surface area contributed by atoms with Gasteiger partial charge in [0.2, 0.25) is 10.0 Å². The second-order valence-corrected chi connectivity index (χ2v) is 10.3. The summed E-state index contributed by atoms with van der Waals surface area (Å²) in [6.45, 7) is 3.14. The van der Waals surface area contributed by atoms with Gasteiger partial charge in [0.15, 0.2) is 9.84 Å². The second kappa shape index (κ2) is 7.90. The average Bonchev–Trinajstić information content (AvgIpc) is 3.18. The van der Waals surface area contributed by atoms with Gasteiger partial charge in [0.1, 0.15) is 11.0 Å². The van der Waals surface area contributed by atoms with Crippen LogP contribution in [0.2, 0.25) is 0 Å². The van der Waals surface area contributed by atoms with Crippen molar-refractivity contribution < 1.29 is 21.3 Å². The van der Waals surface area contributed by atoms with E-state index in [0.717, 1.165) is 5.56 Å². The van der Waals surface area contributed by atoms with E-state index in [4.69, 9.17) is 4.42 Å². The number of benzene rings is 2. The summed E-state index contributed by atoms with van der Waals surface area (Å²) >= 11 is 0. The quantitative estimate of drug-likeness (QED) is 0.634. The number of rotatable bonds is 7. The van der Waals surface area contributed by atoms with E-state index in [1.54, 1.807) is 50.2 Å². The largest absolute Gasteiger partial charge is 0.468 e. The monoisotopic (exact) mass is 419 g/mol. The minimum atomic E-state index is -3.90. The third-order valence-electron chi connectivity index (χ3n) is 4.40. The number of hydrogen-bond acceptors (Lipinski definition) is 5. The molecule has 6 nitrogen and oxygen atoms in total. The Kier molecular flexibility index (Phi) is 5.74. The molecule has 3 aromatic rings. The molecule has 0 aliphatic rings. The normalized spacial score (nSPS) is 13.4. The van der Waals surface area contributed by atoms with Gasteiger partial charge in [-0.15, -0.1) is 0 Å². The van der Waals surface area contributed by atoms with Gasteiger partial charge in [-0.05, 0) is 55.3 Å². The van der Waals surface area contributed by atoms with Crippen molar-refractivity contribution in [3.05, 3.63) is 83.8 Å². The molecule has 28 heavy (non-hydrogen) atoms. The average molecular weight is 420 g/mol. The van der Waals surface area contributed by atoms with Crippen LogP contribution in [0.4, 0.5) is 0 Å². The van der Waals surface area contributed by atoms with E-state index in [9.17, 15) is 16.8 Å². The Bertz CT molecular complexity index is 1150. The van der Waals surface area contributed by atoms with Crippen molar-refractivity contribution in [3.63, 3.8) is 0 Å². The number of sulfone groups is 1. The van der Waals surface area contributed by atoms with Crippen molar-refractivity contribution in [3.8, 4) is 0 Å². The molecule has 1 N–H and O–H groups in total. The molecule has 1 heterocycles. The zero-order valence-electron chi connectivity index (χ0n) is 15.5. The number of furan rings is 1. The predicted octanol–water partition coefficient (Wildman–Crippen LogP) is 3.39. The maximum Gasteiger partial charge on any atom is 0.240 e. The highest BCUT2D eigenvalue weighted by Gasteiger charge is 2.33. The third-order valence-corrected chi connectivity index (χ3v) is 8.04. The molecule has 0 unspecified atom stereocenters. The Morgan fingerprint density at radius 1 is 0.929 bits per heavy atom.